The van der Waals surface area contributed by atoms with E-state index in [1.165, 1.54) is 22.0 Å². The van der Waals surface area contributed by atoms with Gasteiger partial charge in [-0.05, 0) is 83.5 Å². The lowest BCUT2D eigenvalue weighted by Gasteiger charge is -2.39. The number of unbranched alkanes of at least 4 members (excludes halogenated alkanes) is 3. The number of likely N-dealkylation sites (N-methyl/N-ethyl adjacent to an activating group) is 2. The molecule has 6 amide bonds. The molecular weight excluding hydrogens is 831 g/mol. The number of ether oxygens (including phenoxy) is 2. The van der Waals surface area contributed by atoms with Gasteiger partial charge in [0.15, 0.2) is 5.78 Å². The van der Waals surface area contributed by atoms with E-state index in [1.54, 1.807) is 28.2 Å². The van der Waals surface area contributed by atoms with E-state index < -0.39 is 41.8 Å². The minimum atomic E-state index is -0.881. The van der Waals surface area contributed by atoms with Crippen molar-refractivity contribution in [1.29, 1.82) is 0 Å². The first-order valence-corrected chi connectivity index (χ1v) is 23.8. The second-order valence-electron chi connectivity index (χ2n) is 18.6. The Morgan fingerprint density at radius 2 is 1.55 bits per heavy atom. The average molecular weight is 908 g/mol. The minimum Gasteiger partial charge on any atom is -0.379 e. The maximum Gasteiger partial charge on any atom is 0.253 e. The highest BCUT2D eigenvalue weighted by Crippen LogP contribution is 2.30. The monoisotopic (exact) mass is 908 g/mol. The van der Waals surface area contributed by atoms with Gasteiger partial charge in [-0.1, -0.05) is 70.9 Å². The molecule has 0 saturated carbocycles. The van der Waals surface area contributed by atoms with Gasteiger partial charge in [0, 0.05) is 71.9 Å². The Hall–Kier alpha value is -4.51. The van der Waals surface area contributed by atoms with Crippen molar-refractivity contribution >= 4 is 41.2 Å². The molecule has 0 aromatic heterocycles. The number of Topliss-reactive ketones (excluding diaryl/α,β-unsaturated/α-hetero) is 1. The number of ketones is 1. The zero-order valence-electron chi connectivity index (χ0n) is 40.4. The number of carbonyl (C=O) groups excluding carboxylic acids is 7. The molecule has 0 radical (unpaired) electrons. The highest BCUT2D eigenvalue weighted by molar-refractivity contribution is 6.12. The topological polar surface area (TPSA) is 187 Å². The summed E-state index contributed by atoms with van der Waals surface area (Å²) in [5.74, 6) is -2.68. The molecule has 2 fully saturated rings. The fourth-order valence-electron chi connectivity index (χ4n) is 9.57. The first-order chi connectivity index (χ1) is 31.0. The number of rotatable bonds is 27. The molecule has 3 aliphatic heterocycles. The third-order valence-electron chi connectivity index (χ3n) is 13.9. The first-order valence-electron chi connectivity index (χ1n) is 23.8. The highest BCUT2D eigenvalue weighted by atomic mass is 16.5. The summed E-state index contributed by atoms with van der Waals surface area (Å²) < 4.78 is 12.1. The smallest absolute Gasteiger partial charge is 0.253 e. The summed E-state index contributed by atoms with van der Waals surface area (Å²) in [6.45, 7) is 12.1. The zero-order valence-corrected chi connectivity index (χ0v) is 40.4. The summed E-state index contributed by atoms with van der Waals surface area (Å²) in [6, 6.07) is 6.87. The summed E-state index contributed by atoms with van der Waals surface area (Å²) in [5.41, 5.74) is 0.188. The lowest BCUT2D eigenvalue weighted by atomic mass is 9.93. The summed E-state index contributed by atoms with van der Waals surface area (Å²) in [6.07, 6.45) is 8.58. The number of hydrogen-bond acceptors (Lipinski definition) is 11. The van der Waals surface area contributed by atoms with Crippen molar-refractivity contribution in [1.82, 2.24) is 35.6 Å². The molecule has 0 spiro atoms. The van der Waals surface area contributed by atoms with Gasteiger partial charge in [0.2, 0.25) is 23.6 Å². The fourth-order valence-corrected chi connectivity index (χ4v) is 9.57. The molecule has 4 rings (SSSR count). The van der Waals surface area contributed by atoms with Crippen LogP contribution in [0.4, 0.5) is 0 Å². The van der Waals surface area contributed by atoms with E-state index >= 15 is 0 Å². The largest absolute Gasteiger partial charge is 0.379 e. The fraction of sp³-hybridized carbons (Fsp3) is 0.694. The van der Waals surface area contributed by atoms with E-state index in [-0.39, 0.29) is 59.6 Å². The molecular formula is C49H77N7O9. The Bertz CT molecular complexity index is 1790. The number of methoxy groups -OCH3 is 2. The number of benzene rings is 1. The second-order valence-corrected chi connectivity index (χ2v) is 18.6. The van der Waals surface area contributed by atoms with Crippen molar-refractivity contribution in [3.8, 4) is 0 Å². The van der Waals surface area contributed by atoms with E-state index in [0.29, 0.717) is 51.7 Å². The SMILES string of the molecule is CCC(=O)[C@H]([C@@H](CCN1CCC[C@H]1[C@H](OC)[C@@H](C)C(=O)N[C@@H](Cc1ccccc1)C(=O)NCCCCCCN1C(=O)C=CC1=O)OC)N(C)C(=O)[C@@H](NC(=O)[C@]1(C)CCCN1C)C(C)C. The van der Waals surface area contributed by atoms with Gasteiger partial charge in [-0.25, -0.2) is 0 Å². The Labute approximate surface area is 386 Å². The maximum absolute atomic E-state index is 14.2. The van der Waals surface area contributed by atoms with Crippen molar-refractivity contribution in [3.05, 3.63) is 48.0 Å². The molecule has 3 N–H and O–H groups in total. The zero-order chi connectivity index (χ0) is 47.8. The third kappa shape index (κ3) is 14.0. The Kier molecular flexibility index (Phi) is 20.8. The van der Waals surface area contributed by atoms with Gasteiger partial charge in [0.05, 0.1) is 23.7 Å². The van der Waals surface area contributed by atoms with Crippen molar-refractivity contribution in [2.45, 2.75) is 147 Å². The van der Waals surface area contributed by atoms with E-state index in [1.807, 2.05) is 70.0 Å². The van der Waals surface area contributed by atoms with E-state index in [9.17, 15) is 33.6 Å². The molecule has 65 heavy (non-hydrogen) atoms. The van der Waals surface area contributed by atoms with Gasteiger partial charge in [0.1, 0.15) is 18.1 Å². The van der Waals surface area contributed by atoms with Gasteiger partial charge < -0.3 is 30.3 Å². The average Bonchev–Trinajstić information content (AvgIpc) is 4.00. The van der Waals surface area contributed by atoms with Gasteiger partial charge >= 0.3 is 0 Å². The molecule has 16 heteroatoms. The van der Waals surface area contributed by atoms with Crippen LogP contribution in [0.15, 0.2) is 42.5 Å². The standard InChI is InChI=1S/C49H77N7O9/c1-10-38(57)43(54(7)47(62)42(33(2)3)52-48(63)49(5)26-19-28-53(49)6)39(64-8)25-31-55-29-18-22-37(55)44(65-9)34(4)45(60)51-36(32-35-20-14-13-15-21-35)46(61)50-27-16-11-12-17-30-56-40(58)23-24-41(56)59/h13-15,20-21,23-24,33-34,36-37,39,42-44H,10-12,16-19,22,25-32H2,1-9H3,(H,50,61)(H,51,60)(H,52,63)/t34-,36+,37+,39-,42+,43-,44-,49+/m1/s1. The molecule has 0 aliphatic carbocycles. The van der Waals surface area contributed by atoms with Crippen molar-refractivity contribution in [3.63, 3.8) is 0 Å². The van der Waals surface area contributed by atoms with E-state index in [4.69, 9.17) is 9.47 Å². The van der Waals surface area contributed by atoms with Gasteiger partial charge in [0.25, 0.3) is 11.8 Å². The molecule has 3 heterocycles. The molecule has 16 nitrogen and oxygen atoms in total. The number of nitrogens with one attached hydrogen (secondary N) is 3. The summed E-state index contributed by atoms with van der Waals surface area (Å²) in [7, 11) is 6.69. The molecule has 0 bridgehead atoms. The third-order valence-corrected chi connectivity index (χ3v) is 13.9. The Morgan fingerprint density at radius 3 is 2.15 bits per heavy atom. The molecule has 8 atom stereocenters. The Balaban J connectivity index is 1.37. The van der Waals surface area contributed by atoms with Gasteiger partial charge in [-0.3, -0.25) is 48.3 Å². The van der Waals surface area contributed by atoms with Gasteiger partial charge in [-0.2, -0.15) is 0 Å². The van der Waals surface area contributed by atoms with Crippen molar-refractivity contribution < 1.29 is 43.0 Å². The van der Waals surface area contributed by atoms with Crippen LogP contribution in [0, 0.1) is 11.8 Å². The minimum absolute atomic E-state index is 0.132. The van der Waals surface area contributed by atoms with Crippen molar-refractivity contribution in [2.75, 3.05) is 61.0 Å². The van der Waals surface area contributed by atoms with Crippen LogP contribution in [0.25, 0.3) is 0 Å². The lowest BCUT2D eigenvalue weighted by Crippen LogP contribution is -2.61. The Morgan fingerprint density at radius 1 is 0.877 bits per heavy atom. The first kappa shape index (κ1) is 53.1. The highest BCUT2D eigenvalue weighted by Gasteiger charge is 2.45. The summed E-state index contributed by atoms with van der Waals surface area (Å²) in [5, 5.41) is 9.07. The van der Waals surface area contributed by atoms with Crippen LogP contribution in [0.1, 0.15) is 104 Å². The van der Waals surface area contributed by atoms with Gasteiger partial charge in [-0.15, -0.1) is 0 Å². The second kappa shape index (κ2) is 25.4. The lowest BCUT2D eigenvalue weighted by molar-refractivity contribution is -0.147. The number of hydrogen-bond donors (Lipinski definition) is 3. The van der Waals surface area contributed by atoms with Crippen LogP contribution in [0.5, 0.6) is 0 Å². The van der Waals surface area contributed by atoms with Crippen LogP contribution < -0.4 is 16.0 Å². The predicted octanol–water partition coefficient (Wildman–Crippen LogP) is 3.27. The maximum atomic E-state index is 14.2. The summed E-state index contributed by atoms with van der Waals surface area (Å²) in [4.78, 5) is 99.8. The summed E-state index contributed by atoms with van der Waals surface area (Å²) >= 11 is 0. The van der Waals surface area contributed by atoms with Crippen LogP contribution >= 0.6 is 0 Å². The molecule has 362 valence electrons. The van der Waals surface area contributed by atoms with Crippen LogP contribution in [0.3, 0.4) is 0 Å². The molecule has 2 saturated heterocycles. The number of nitrogens with zero attached hydrogens (tertiary/aromatic N) is 4. The van der Waals surface area contributed by atoms with Crippen LogP contribution in [-0.2, 0) is 49.5 Å². The van der Waals surface area contributed by atoms with Crippen LogP contribution in [-0.4, -0.2) is 164 Å². The van der Waals surface area contributed by atoms with Crippen LogP contribution in [0.2, 0.25) is 0 Å². The molecule has 1 aromatic carbocycles. The van der Waals surface area contributed by atoms with E-state index in [0.717, 1.165) is 50.8 Å². The molecule has 3 aliphatic rings. The molecule has 1 aromatic rings. The number of carbonyl (C=O) groups is 7. The normalized spacial score (nSPS) is 21.8. The van der Waals surface area contributed by atoms with E-state index in [2.05, 4.69) is 20.9 Å². The molecule has 0 unspecified atom stereocenters. The quantitative estimate of drug-likeness (QED) is 0.0870. The predicted molar refractivity (Wildman–Crippen MR) is 248 cm³/mol. The number of amides is 6. The van der Waals surface area contributed by atoms with Crippen molar-refractivity contribution in [2.24, 2.45) is 11.8 Å². The number of imide groups is 1. The number of likely N-dealkylation sites (tertiary alicyclic amines) is 2.